The van der Waals surface area contributed by atoms with Crippen molar-refractivity contribution in [3.05, 3.63) is 41.4 Å². The summed E-state index contributed by atoms with van der Waals surface area (Å²) in [6.07, 6.45) is 1.23. The number of imidazole rings is 1. The molecule has 1 atom stereocenters. The molecule has 0 spiro atoms. The molecule has 0 aliphatic carbocycles. The molecule has 1 aromatic heterocycles. The Bertz CT molecular complexity index is 1270. The van der Waals surface area contributed by atoms with Gasteiger partial charge in [0.2, 0.25) is 5.91 Å². The maximum atomic E-state index is 12.5. The van der Waals surface area contributed by atoms with Crippen molar-refractivity contribution in [2.45, 2.75) is 37.5 Å². The second-order valence-electron chi connectivity index (χ2n) is 7.72. The normalized spacial score (nSPS) is 19.1. The number of carbonyl (C=O) groups is 2. The van der Waals surface area contributed by atoms with E-state index in [9.17, 15) is 31.2 Å². The second-order valence-corrected chi connectivity index (χ2v) is 9.26. The molecule has 14 heteroatoms. The lowest BCUT2D eigenvalue weighted by Gasteiger charge is -2.29. The number of methoxy groups -OCH3 is 1. The maximum absolute atomic E-state index is 12.5. The van der Waals surface area contributed by atoms with Crippen molar-refractivity contribution in [1.29, 1.82) is 0 Å². The highest BCUT2D eigenvalue weighted by Crippen LogP contribution is 2.29. The van der Waals surface area contributed by atoms with Crippen molar-refractivity contribution < 1.29 is 44.8 Å². The molecule has 1 fully saturated rings. The van der Waals surface area contributed by atoms with E-state index in [0.717, 1.165) is 12.5 Å². The molecule has 1 amide bonds. The predicted molar refractivity (Wildman–Crippen MR) is 110 cm³/mol. The van der Waals surface area contributed by atoms with Gasteiger partial charge < -0.3 is 23.1 Å². The van der Waals surface area contributed by atoms with Crippen LogP contribution in [0.2, 0.25) is 0 Å². The average molecular weight is 503 g/mol. The quantitative estimate of drug-likeness (QED) is 0.320. The van der Waals surface area contributed by atoms with Crippen molar-refractivity contribution >= 4 is 33.0 Å². The van der Waals surface area contributed by atoms with Crippen LogP contribution in [-0.4, -0.2) is 66.6 Å². The first-order valence-corrected chi connectivity index (χ1v) is 11.6. The molecule has 10 nitrogen and oxygen atoms in total. The van der Waals surface area contributed by atoms with Gasteiger partial charge in [0.1, 0.15) is 11.6 Å². The van der Waals surface area contributed by atoms with Crippen molar-refractivity contribution in [2.24, 2.45) is 0 Å². The summed E-state index contributed by atoms with van der Waals surface area (Å²) in [5.74, 6) is -1.25. The number of esters is 1. The van der Waals surface area contributed by atoms with Crippen LogP contribution in [0, 0.1) is 0 Å². The standard InChI is InChI=1S/C20H20F3N3O7S/c1-31-19(28)12-2-3-15-16(8-12)26(10-14-5-7-32-14)17(24-15)11-25-6-4-13(9-18(25)27)33-34(29,30)20(21,22)23/h2-4,8,14H,5-7,9-11H2,1H3. The zero-order valence-electron chi connectivity index (χ0n) is 17.9. The van der Waals surface area contributed by atoms with E-state index in [1.54, 1.807) is 18.2 Å². The first kappa shape index (κ1) is 24.0. The Labute approximate surface area is 192 Å². The number of fused-ring (bicyclic) bond motifs is 1. The van der Waals surface area contributed by atoms with Gasteiger partial charge in [-0.1, -0.05) is 0 Å². The van der Waals surface area contributed by atoms with Crippen molar-refractivity contribution in [3.63, 3.8) is 0 Å². The monoisotopic (exact) mass is 503 g/mol. The Morgan fingerprint density at radius 2 is 2.06 bits per heavy atom. The average Bonchev–Trinajstić information content (AvgIpc) is 3.07. The molecule has 3 heterocycles. The van der Waals surface area contributed by atoms with Crippen molar-refractivity contribution in [3.8, 4) is 0 Å². The lowest BCUT2D eigenvalue weighted by atomic mass is 10.1. The Morgan fingerprint density at radius 3 is 2.65 bits per heavy atom. The zero-order valence-corrected chi connectivity index (χ0v) is 18.7. The van der Waals surface area contributed by atoms with Gasteiger partial charge in [0.05, 0.1) is 49.3 Å². The summed E-state index contributed by atoms with van der Waals surface area (Å²) in [6, 6.07) is 4.84. The number of rotatable bonds is 7. The number of amides is 1. The van der Waals surface area contributed by atoms with E-state index < -0.39 is 39.7 Å². The minimum atomic E-state index is -5.85. The van der Waals surface area contributed by atoms with Gasteiger partial charge in [-0.2, -0.15) is 21.6 Å². The van der Waals surface area contributed by atoms with Crippen LogP contribution in [0.4, 0.5) is 13.2 Å². The van der Waals surface area contributed by atoms with Crippen LogP contribution in [0.1, 0.15) is 29.0 Å². The van der Waals surface area contributed by atoms with Crippen LogP contribution in [0.3, 0.4) is 0 Å². The Morgan fingerprint density at radius 1 is 1.32 bits per heavy atom. The molecule has 1 saturated heterocycles. The number of alkyl halides is 3. The van der Waals surface area contributed by atoms with E-state index in [0.29, 0.717) is 35.6 Å². The van der Waals surface area contributed by atoms with Gasteiger partial charge in [-0.3, -0.25) is 4.79 Å². The molecular formula is C20H20F3N3O7S. The summed E-state index contributed by atoms with van der Waals surface area (Å²) in [4.78, 5) is 30.4. The Hall–Kier alpha value is -3.13. The lowest BCUT2D eigenvalue weighted by molar-refractivity contribution is -0.132. The largest absolute Gasteiger partial charge is 0.534 e. The number of carbonyl (C=O) groups excluding carboxylic acids is 2. The van der Waals surface area contributed by atoms with E-state index >= 15 is 0 Å². The molecule has 1 aromatic carbocycles. The molecule has 2 aliphatic rings. The SMILES string of the molecule is COC(=O)c1ccc2nc(CN3CC=C(OS(=O)(=O)C(F)(F)F)CC3=O)n(CC3CCO3)c2c1. The van der Waals surface area contributed by atoms with Crippen molar-refractivity contribution in [1.82, 2.24) is 14.5 Å². The summed E-state index contributed by atoms with van der Waals surface area (Å²) in [5.41, 5.74) is -4.07. The van der Waals surface area contributed by atoms with Gasteiger partial charge in [0, 0.05) is 13.2 Å². The fourth-order valence-electron chi connectivity index (χ4n) is 3.60. The predicted octanol–water partition coefficient (Wildman–Crippen LogP) is 2.09. The number of ether oxygens (including phenoxy) is 2. The van der Waals surface area contributed by atoms with Gasteiger partial charge >= 0.3 is 21.6 Å². The molecule has 0 saturated carbocycles. The summed E-state index contributed by atoms with van der Waals surface area (Å²) >= 11 is 0. The number of nitrogens with zero attached hydrogens (tertiary/aromatic N) is 3. The van der Waals surface area contributed by atoms with Gasteiger partial charge in [-0.25, -0.2) is 9.78 Å². The fourth-order valence-corrected chi connectivity index (χ4v) is 4.10. The topological polar surface area (TPSA) is 117 Å². The minimum Gasteiger partial charge on any atom is -0.465 e. The van der Waals surface area contributed by atoms with Gasteiger partial charge in [0.25, 0.3) is 0 Å². The van der Waals surface area contributed by atoms with Gasteiger partial charge in [-0.15, -0.1) is 0 Å². The molecule has 1 unspecified atom stereocenters. The molecule has 0 radical (unpaired) electrons. The van der Waals surface area contributed by atoms with E-state index in [1.165, 1.54) is 12.0 Å². The number of hydrogen-bond acceptors (Lipinski definition) is 8. The minimum absolute atomic E-state index is 0.00356. The Kier molecular flexibility index (Phi) is 6.29. The number of benzene rings is 1. The highest BCUT2D eigenvalue weighted by molar-refractivity contribution is 7.87. The van der Waals surface area contributed by atoms with Crippen LogP contribution in [0.15, 0.2) is 30.0 Å². The number of hydrogen-bond donors (Lipinski definition) is 0. The van der Waals surface area contributed by atoms with Gasteiger partial charge in [0.15, 0.2) is 0 Å². The molecular weight excluding hydrogens is 483 g/mol. The summed E-state index contributed by atoms with van der Waals surface area (Å²) < 4.78 is 76.2. The summed E-state index contributed by atoms with van der Waals surface area (Å²) in [6.45, 7) is 0.882. The third-order valence-corrected chi connectivity index (χ3v) is 6.48. The molecule has 0 bridgehead atoms. The van der Waals surface area contributed by atoms with Crippen LogP contribution in [0.5, 0.6) is 0 Å². The summed E-state index contributed by atoms with van der Waals surface area (Å²) in [5, 5.41) is 0. The highest BCUT2D eigenvalue weighted by Gasteiger charge is 2.49. The summed E-state index contributed by atoms with van der Waals surface area (Å²) in [7, 11) is -4.58. The lowest BCUT2D eigenvalue weighted by Crippen LogP contribution is -2.37. The van der Waals surface area contributed by atoms with E-state index in [4.69, 9.17) is 9.47 Å². The van der Waals surface area contributed by atoms with Gasteiger partial charge in [-0.05, 0) is 30.7 Å². The van der Waals surface area contributed by atoms with Crippen LogP contribution < -0.4 is 0 Å². The van der Waals surface area contributed by atoms with Crippen LogP contribution in [-0.2, 0) is 41.7 Å². The first-order chi connectivity index (χ1) is 16.0. The zero-order chi connectivity index (χ0) is 24.7. The molecule has 0 N–H and O–H groups in total. The van der Waals surface area contributed by atoms with E-state index in [-0.39, 0.29) is 19.2 Å². The number of halogens is 3. The highest BCUT2D eigenvalue weighted by atomic mass is 32.2. The maximum Gasteiger partial charge on any atom is 0.534 e. The van der Waals surface area contributed by atoms with E-state index in [1.807, 2.05) is 4.57 Å². The first-order valence-electron chi connectivity index (χ1n) is 10.1. The number of aromatic nitrogens is 2. The fraction of sp³-hybridized carbons (Fsp3) is 0.450. The van der Waals surface area contributed by atoms with E-state index in [2.05, 4.69) is 9.17 Å². The molecule has 2 aromatic rings. The van der Waals surface area contributed by atoms with Crippen molar-refractivity contribution in [2.75, 3.05) is 20.3 Å². The molecule has 4 rings (SSSR count). The molecule has 2 aliphatic heterocycles. The van der Waals surface area contributed by atoms with Crippen LogP contribution in [0.25, 0.3) is 11.0 Å². The molecule has 184 valence electrons. The third kappa shape index (κ3) is 4.73. The smallest absolute Gasteiger partial charge is 0.465 e. The second kappa shape index (κ2) is 8.91. The molecule has 34 heavy (non-hydrogen) atoms. The third-order valence-electron chi connectivity index (χ3n) is 5.48. The Balaban J connectivity index is 1.59. The van der Waals surface area contributed by atoms with Crippen LogP contribution >= 0.6 is 0 Å².